The monoisotopic (exact) mass is 993 g/mol. The van der Waals surface area contributed by atoms with Gasteiger partial charge in [-0.05, 0) is 42.5 Å². The molecule has 2 nitrogen and oxygen atoms in total. The van der Waals surface area contributed by atoms with Crippen molar-refractivity contribution in [2.75, 3.05) is 18.1 Å². The second kappa shape index (κ2) is 19.9. The summed E-state index contributed by atoms with van der Waals surface area (Å²) in [5.74, 6) is -81.3. The number of halogens is 26. The number of benzene rings is 1. The Hall–Kier alpha value is -2.14. The predicted molar refractivity (Wildman–Crippen MR) is 169 cm³/mol. The lowest BCUT2D eigenvalue weighted by molar-refractivity contribution is -0.439. The highest BCUT2D eigenvalue weighted by molar-refractivity contribution is 7.98. The highest BCUT2D eigenvalue weighted by Gasteiger charge is 2.92. The van der Waals surface area contributed by atoms with Gasteiger partial charge in [0.25, 0.3) is 0 Å². The van der Waals surface area contributed by atoms with Crippen LogP contribution in [0.4, 0.5) is 114 Å². The molecule has 1 aromatic rings. The molecule has 1 rings (SSSR count). The average molecular weight is 994 g/mol. The van der Waals surface area contributed by atoms with Crippen molar-refractivity contribution in [3.8, 4) is 5.75 Å². The summed E-state index contributed by atoms with van der Waals surface area (Å²) >= 11 is 0.0127. The van der Waals surface area contributed by atoms with Gasteiger partial charge in [0.05, 0.1) is 0 Å². The molecule has 0 amide bonds. The summed E-state index contributed by atoms with van der Waals surface area (Å²) in [6.45, 7) is 4.11. The highest BCUT2D eigenvalue weighted by atomic mass is 32.2. The molecule has 0 unspecified atom stereocenters. The van der Waals surface area contributed by atoms with Crippen molar-refractivity contribution in [2.45, 2.75) is 135 Å². The second-order valence-electron chi connectivity index (χ2n) is 12.9. The van der Waals surface area contributed by atoms with Gasteiger partial charge in [0, 0.05) is 29.9 Å². The molecule has 1 aromatic carbocycles. The zero-order valence-electron chi connectivity index (χ0n) is 30.6. The van der Waals surface area contributed by atoms with Crippen LogP contribution in [0.2, 0.25) is 0 Å². The van der Waals surface area contributed by atoms with E-state index in [1.807, 2.05) is 0 Å². The number of aryl methyl sites for hydroxylation is 1. The number of thioether (sulfide) groups is 2. The van der Waals surface area contributed by atoms with Crippen molar-refractivity contribution >= 4 is 23.5 Å². The van der Waals surface area contributed by atoms with Crippen LogP contribution in [0.5, 0.6) is 5.75 Å². The fourth-order valence-electron chi connectivity index (χ4n) is 4.39. The lowest BCUT2D eigenvalue weighted by Gasteiger charge is -2.39. The number of rotatable bonds is 22. The van der Waals surface area contributed by atoms with E-state index in [1.54, 1.807) is 0 Å². The van der Waals surface area contributed by atoms with E-state index in [4.69, 9.17) is 5.73 Å². The van der Waals surface area contributed by atoms with Gasteiger partial charge < -0.3 is 10.8 Å². The summed E-state index contributed by atoms with van der Waals surface area (Å²) in [6.07, 6.45) is -15.2. The maximum absolute atomic E-state index is 14.0. The zero-order valence-corrected chi connectivity index (χ0v) is 32.2. The second-order valence-corrected chi connectivity index (χ2v) is 15.1. The normalized spacial score (nSPS) is 14.9. The van der Waals surface area contributed by atoms with Gasteiger partial charge in [-0.2, -0.15) is 138 Å². The van der Waals surface area contributed by atoms with Crippen molar-refractivity contribution < 1.29 is 119 Å². The third-order valence-corrected chi connectivity index (χ3v) is 10.2. The Morgan fingerprint density at radius 3 is 1.15 bits per heavy atom. The molecule has 3 N–H and O–H groups in total. The van der Waals surface area contributed by atoms with Gasteiger partial charge in [0.1, 0.15) is 5.75 Å². The fraction of sp³-hybridized carbons (Fsp3) is 0.806. The van der Waals surface area contributed by atoms with Crippen LogP contribution in [0.15, 0.2) is 12.1 Å². The Kier molecular flexibility index (Phi) is 19.2. The van der Waals surface area contributed by atoms with Crippen LogP contribution in [-0.2, 0) is 11.5 Å². The van der Waals surface area contributed by atoms with Gasteiger partial charge >= 0.3 is 71.6 Å². The number of unbranched alkanes of at least 4 members (excludes halogenated alkanes) is 3. The van der Waals surface area contributed by atoms with Gasteiger partial charge in [-0.15, -0.1) is 0 Å². The van der Waals surface area contributed by atoms with E-state index in [-0.39, 0.29) is 34.7 Å². The van der Waals surface area contributed by atoms with Gasteiger partial charge in [-0.25, -0.2) is 0 Å². The quantitative estimate of drug-likeness (QED) is 0.0898. The molecule has 0 atom stereocenters. The van der Waals surface area contributed by atoms with E-state index in [9.17, 15) is 119 Å². The predicted octanol–water partition coefficient (Wildman–Crippen LogP) is 14.0. The number of aromatic hydroxyl groups is 1. The van der Waals surface area contributed by atoms with Crippen LogP contribution in [0, 0.1) is 6.92 Å². The first-order valence-corrected chi connectivity index (χ1v) is 18.8. The molecule has 0 saturated carbocycles. The van der Waals surface area contributed by atoms with Crippen molar-refractivity contribution in [3.63, 3.8) is 0 Å². The molecule has 0 radical (unpaired) electrons. The van der Waals surface area contributed by atoms with Crippen LogP contribution in [0.25, 0.3) is 0 Å². The molecule has 0 heterocycles. The van der Waals surface area contributed by atoms with Crippen molar-refractivity contribution in [3.05, 3.63) is 28.8 Å². The first kappa shape index (κ1) is 58.9. The van der Waals surface area contributed by atoms with Crippen molar-refractivity contribution in [1.29, 1.82) is 0 Å². The van der Waals surface area contributed by atoms with Crippen LogP contribution < -0.4 is 5.73 Å². The molecule has 362 valence electrons. The maximum Gasteiger partial charge on any atom is 0.460 e. The smallest absolute Gasteiger partial charge is 0.460 e. The van der Waals surface area contributed by atoms with E-state index in [1.165, 1.54) is 25.7 Å². The van der Waals surface area contributed by atoms with E-state index < -0.39 is 119 Å². The molecule has 0 saturated heterocycles. The first-order chi connectivity index (χ1) is 26.9. The summed E-state index contributed by atoms with van der Waals surface area (Å²) < 4.78 is 344. The minimum absolute atomic E-state index is 0.0287. The molecule has 30 heteroatoms. The summed E-state index contributed by atoms with van der Waals surface area (Å²) in [5, 5.41) is 10.1. The standard InChI is InChI=1S/C25H18F26OS2.C6H15N/c1-10-6-11(8-53-4-2-14(26,27)16(30,31)18(34,35)20(38,39)22(42,43)24(46,47)48)7-12(13(10)52)9-54-5-3-15(28,29)17(32,33)19(36,37)21(40,41)23(44,45)25(49,50)51;1-2-3-4-5-6-7/h6-7,52H,2-5,8-9H2,1H3;2-7H2,1H3. The number of nitrogens with two attached hydrogens (primary N) is 1. The molecule has 0 bridgehead atoms. The minimum atomic E-state index is -8.12. The molecule has 0 aliphatic rings. The SMILES string of the molecule is CCCCCCN.Cc1cc(CSCCC(F)(F)C(F)(F)C(F)(F)C(F)(F)C(F)(F)C(F)(F)F)cc(CSCCC(F)(F)C(F)(F)C(F)(F)C(F)(F)C(F)(F)C(F)(F)F)c1O. The molecule has 0 aliphatic carbocycles. The molecule has 61 heavy (non-hydrogen) atoms. The van der Waals surface area contributed by atoms with E-state index in [2.05, 4.69) is 6.92 Å². The van der Waals surface area contributed by atoms with Crippen molar-refractivity contribution in [2.24, 2.45) is 5.73 Å². The lowest BCUT2D eigenvalue weighted by atomic mass is 9.93. The number of phenols is 1. The number of hydrogen-bond acceptors (Lipinski definition) is 4. The van der Waals surface area contributed by atoms with E-state index in [0.29, 0.717) is 0 Å². The molecular formula is C31H33F26NOS2. The Labute approximate surface area is 336 Å². The summed E-state index contributed by atoms with van der Waals surface area (Å²) in [5.41, 5.74) is 4.40. The molecule has 0 aromatic heterocycles. The van der Waals surface area contributed by atoms with Crippen LogP contribution in [0.3, 0.4) is 0 Å². The first-order valence-electron chi connectivity index (χ1n) is 16.5. The number of hydrogen-bond donors (Lipinski definition) is 2. The maximum atomic E-state index is 14.0. The number of phenolic OH excluding ortho intramolecular Hbond substituents is 1. The molecule has 0 spiro atoms. The molecule has 0 aliphatic heterocycles. The Balaban J connectivity index is 0.00000470. The largest absolute Gasteiger partial charge is 0.507 e. The minimum Gasteiger partial charge on any atom is -0.507 e. The van der Waals surface area contributed by atoms with Gasteiger partial charge in [-0.3, -0.25) is 0 Å². The summed E-state index contributed by atoms with van der Waals surface area (Å²) in [6, 6.07) is 1.74. The van der Waals surface area contributed by atoms with Gasteiger partial charge in [-0.1, -0.05) is 38.3 Å². The number of alkyl halides is 26. The fourth-order valence-corrected chi connectivity index (χ4v) is 6.32. The Bertz CT molecular complexity index is 1540. The van der Waals surface area contributed by atoms with Crippen LogP contribution in [-0.4, -0.2) is 94.7 Å². The van der Waals surface area contributed by atoms with Gasteiger partial charge in [0.2, 0.25) is 0 Å². The zero-order chi connectivity index (χ0) is 48.9. The van der Waals surface area contributed by atoms with Crippen molar-refractivity contribution in [1.82, 2.24) is 0 Å². The van der Waals surface area contributed by atoms with Crippen LogP contribution in [0.1, 0.15) is 62.1 Å². The Morgan fingerprint density at radius 2 is 0.820 bits per heavy atom. The molecular weight excluding hydrogens is 960 g/mol. The average Bonchev–Trinajstić information content (AvgIpc) is 3.09. The molecule has 0 fully saturated rings. The Morgan fingerprint density at radius 1 is 0.475 bits per heavy atom. The summed E-state index contributed by atoms with van der Waals surface area (Å²) in [4.78, 5) is 0. The lowest BCUT2D eigenvalue weighted by Crippen LogP contribution is -2.70. The summed E-state index contributed by atoms with van der Waals surface area (Å²) in [7, 11) is 0. The third kappa shape index (κ3) is 11.8. The van der Waals surface area contributed by atoms with Gasteiger partial charge in [0.15, 0.2) is 0 Å². The van der Waals surface area contributed by atoms with Crippen LogP contribution >= 0.6 is 23.5 Å². The van der Waals surface area contributed by atoms with E-state index in [0.717, 1.165) is 25.6 Å². The van der Waals surface area contributed by atoms with E-state index >= 15 is 0 Å². The topological polar surface area (TPSA) is 46.2 Å². The third-order valence-electron chi connectivity index (χ3n) is 8.14. The highest BCUT2D eigenvalue weighted by Crippen LogP contribution is 2.62.